The lowest BCUT2D eigenvalue weighted by Gasteiger charge is -2.22. The molecule has 0 N–H and O–H groups in total. The van der Waals surface area contributed by atoms with Crippen LogP contribution in [-0.2, 0) is 4.74 Å². The van der Waals surface area contributed by atoms with Gasteiger partial charge in [-0.05, 0) is 13.3 Å². The number of halogens is 2. The average Bonchev–Trinajstić information content (AvgIpc) is 2.62. The molecule has 1 saturated heterocycles. The van der Waals surface area contributed by atoms with Crippen molar-refractivity contribution in [3.05, 3.63) is 29.3 Å². The van der Waals surface area contributed by atoms with Crippen LogP contribution in [0, 0.1) is 11.6 Å². The Hall–Kier alpha value is -1.69. The molecule has 1 aromatic carbocycles. The van der Waals surface area contributed by atoms with E-state index in [0.29, 0.717) is 26.1 Å². The summed E-state index contributed by atoms with van der Waals surface area (Å²) in [7, 11) is 1.31. The summed E-state index contributed by atoms with van der Waals surface area (Å²) in [4.78, 5) is 13.7. The highest BCUT2D eigenvalue weighted by Gasteiger charge is 2.26. The van der Waals surface area contributed by atoms with Gasteiger partial charge in [0.05, 0.1) is 13.2 Å². The van der Waals surface area contributed by atoms with Crippen molar-refractivity contribution in [1.82, 2.24) is 4.90 Å². The largest absolute Gasteiger partial charge is 0.497 e. The summed E-state index contributed by atoms with van der Waals surface area (Å²) in [6.45, 7) is 3.11. The molecule has 2 rings (SSSR count). The number of carbonyl (C=O) groups excluding carboxylic acids is 1. The van der Waals surface area contributed by atoms with Crippen LogP contribution in [0.1, 0.15) is 23.7 Å². The molecule has 0 aliphatic carbocycles. The number of rotatable bonds is 2. The van der Waals surface area contributed by atoms with Gasteiger partial charge in [0, 0.05) is 31.8 Å². The number of nitrogens with zero attached hydrogens (tertiary/aromatic N) is 1. The highest BCUT2D eigenvalue weighted by molar-refractivity contribution is 5.95. The van der Waals surface area contributed by atoms with Crippen molar-refractivity contribution in [1.29, 1.82) is 0 Å². The Kier molecular flexibility index (Phi) is 4.54. The minimum absolute atomic E-state index is 0.0455. The quantitative estimate of drug-likeness (QED) is 0.836. The molecule has 1 aliphatic rings. The number of ether oxygens (including phenoxy) is 2. The third-order valence-electron chi connectivity index (χ3n) is 3.20. The fourth-order valence-corrected chi connectivity index (χ4v) is 2.21. The molecule has 1 aliphatic heterocycles. The Morgan fingerprint density at radius 2 is 2.05 bits per heavy atom. The fourth-order valence-electron chi connectivity index (χ4n) is 2.21. The molecule has 1 fully saturated rings. The van der Waals surface area contributed by atoms with Gasteiger partial charge in [0.25, 0.3) is 5.91 Å². The zero-order valence-electron chi connectivity index (χ0n) is 11.5. The molecule has 0 unspecified atom stereocenters. The van der Waals surface area contributed by atoms with Gasteiger partial charge in [-0.1, -0.05) is 0 Å². The predicted molar refractivity (Wildman–Crippen MR) is 68.8 cm³/mol. The topological polar surface area (TPSA) is 38.8 Å². The lowest BCUT2D eigenvalue weighted by atomic mass is 10.1. The third-order valence-corrected chi connectivity index (χ3v) is 3.20. The maximum atomic E-state index is 13.9. The Morgan fingerprint density at radius 1 is 1.40 bits per heavy atom. The molecular weight excluding hydrogens is 268 g/mol. The van der Waals surface area contributed by atoms with Crippen molar-refractivity contribution in [2.45, 2.75) is 19.4 Å². The molecule has 1 amide bonds. The van der Waals surface area contributed by atoms with Crippen LogP contribution in [-0.4, -0.2) is 43.7 Å². The van der Waals surface area contributed by atoms with Gasteiger partial charge in [-0.25, -0.2) is 8.78 Å². The highest BCUT2D eigenvalue weighted by atomic mass is 19.1. The SMILES string of the molecule is COc1cc(F)c(C(=O)N2CCCO[C@H](C)C2)c(F)c1. The second-order valence-corrected chi connectivity index (χ2v) is 4.75. The maximum Gasteiger partial charge on any atom is 0.259 e. The summed E-state index contributed by atoms with van der Waals surface area (Å²) in [6.07, 6.45) is 0.501. The second kappa shape index (κ2) is 6.17. The van der Waals surface area contributed by atoms with Crippen molar-refractivity contribution < 1.29 is 23.0 Å². The van der Waals surface area contributed by atoms with Crippen LogP contribution in [0.4, 0.5) is 8.78 Å². The smallest absolute Gasteiger partial charge is 0.259 e. The molecule has 0 spiro atoms. The molecule has 1 atom stereocenters. The molecule has 0 aromatic heterocycles. The van der Waals surface area contributed by atoms with Crippen LogP contribution in [0.5, 0.6) is 5.75 Å². The Labute approximate surface area is 116 Å². The average molecular weight is 285 g/mol. The van der Waals surface area contributed by atoms with E-state index in [2.05, 4.69) is 0 Å². The Morgan fingerprint density at radius 3 is 2.65 bits per heavy atom. The predicted octanol–water partition coefficient (Wildman–Crippen LogP) is 2.22. The summed E-state index contributed by atoms with van der Waals surface area (Å²) in [5.74, 6) is -2.43. The Balaban J connectivity index is 2.28. The number of carbonyl (C=O) groups is 1. The number of hydrogen-bond donors (Lipinski definition) is 0. The van der Waals surface area contributed by atoms with Crippen LogP contribution >= 0.6 is 0 Å². The number of hydrogen-bond acceptors (Lipinski definition) is 3. The number of methoxy groups -OCH3 is 1. The zero-order chi connectivity index (χ0) is 14.7. The lowest BCUT2D eigenvalue weighted by Crippen LogP contribution is -2.36. The van der Waals surface area contributed by atoms with Crippen molar-refractivity contribution in [3.8, 4) is 5.75 Å². The van der Waals surface area contributed by atoms with E-state index in [-0.39, 0.29) is 11.9 Å². The van der Waals surface area contributed by atoms with Crippen molar-refractivity contribution in [2.24, 2.45) is 0 Å². The summed E-state index contributed by atoms with van der Waals surface area (Å²) < 4.78 is 38.0. The zero-order valence-corrected chi connectivity index (χ0v) is 11.5. The molecule has 4 nitrogen and oxygen atoms in total. The maximum absolute atomic E-state index is 13.9. The van der Waals surface area contributed by atoms with Crippen LogP contribution < -0.4 is 4.74 Å². The van der Waals surface area contributed by atoms with Gasteiger partial charge in [-0.15, -0.1) is 0 Å². The van der Waals surface area contributed by atoms with E-state index >= 15 is 0 Å². The van der Waals surface area contributed by atoms with Crippen molar-refractivity contribution in [3.63, 3.8) is 0 Å². The number of benzene rings is 1. The molecule has 110 valence electrons. The molecule has 1 aromatic rings. The minimum atomic E-state index is -0.912. The van der Waals surface area contributed by atoms with Crippen LogP contribution in [0.15, 0.2) is 12.1 Å². The molecule has 0 radical (unpaired) electrons. The standard InChI is InChI=1S/C14H17F2NO3/c1-9-8-17(4-3-5-20-9)14(18)13-11(15)6-10(19-2)7-12(13)16/h6-7,9H,3-5,8H2,1-2H3/t9-/m1/s1. The lowest BCUT2D eigenvalue weighted by molar-refractivity contribution is 0.0557. The van der Waals surface area contributed by atoms with E-state index in [9.17, 15) is 13.6 Å². The van der Waals surface area contributed by atoms with E-state index < -0.39 is 23.1 Å². The highest BCUT2D eigenvalue weighted by Crippen LogP contribution is 2.22. The first-order valence-electron chi connectivity index (χ1n) is 6.47. The summed E-state index contributed by atoms with van der Waals surface area (Å²) >= 11 is 0. The van der Waals surface area contributed by atoms with Crippen LogP contribution in [0.2, 0.25) is 0 Å². The third kappa shape index (κ3) is 3.07. The van der Waals surface area contributed by atoms with Gasteiger partial charge >= 0.3 is 0 Å². The molecule has 20 heavy (non-hydrogen) atoms. The first kappa shape index (κ1) is 14.7. The van der Waals surface area contributed by atoms with E-state index in [4.69, 9.17) is 9.47 Å². The second-order valence-electron chi connectivity index (χ2n) is 4.75. The van der Waals surface area contributed by atoms with E-state index in [1.165, 1.54) is 12.0 Å². The summed E-state index contributed by atoms with van der Waals surface area (Å²) in [5, 5.41) is 0. The fraction of sp³-hybridized carbons (Fsp3) is 0.500. The summed E-state index contributed by atoms with van der Waals surface area (Å²) in [6, 6.07) is 2.02. The van der Waals surface area contributed by atoms with Gasteiger partial charge in [0.1, 0.15) is 22.9 Å². The molecule has 0 bridgehead atoms. The van der Waals surface area contributed by atoms with Gasteiger partial charge in [0.15, 0.2) is 0 Å². The van der Waals surface area contributed by atoms with Crippen molar-refractivity contribution in [2.75, 3.05) is 26.8 Å². The van der Waals surface area contributed by atoms with Gasteiger partial charge in [-0.3, -0.25) is 4.79 Å². The molecule has 0 saturated carbocycles. The van der Waals surface area contributed by atoms with E-state index in [1.54, 1.807) is 0 Å². The van der Waals surface area contributed by atoms with Crippen molar-refractivity contribution >= 4 is 5.91 Å². The van der Waals surface area contributed by atoms with Gasteiger partial charge in [-0.2, -0.15) is 0 Å². The monoisotopic (exact) mass is 285 g/mol. The first-order chi connectivity index (χ1) is 9.52. The normalized spacial score (nSPS) is 19.6. The molecule has 1 heterocycles. The minimum Gasteiger partial charge on any atom is -0.497 e. The summed E-state index contributed by atoms with van der Waals surface area (Å²) in [5.41, 5.74) is -0.542. The van der Waals surface area contributed by atoms with E-state index in [0.717, 1.165) is 12.1 Å². The van der Waals surface area contributed by atoms with Gasteiger partial charge in [0.2, 0.25) is 0 Å². The molecule has 6 heteroatoms. The Bertz CT molecular complexity index is 484. The molecular formula is C14H17F2NO3. The van der Waals surface area contributed by atoms with Crippen LogP contribution in [0.25, 0.3) is 0 Å². The van der Waals surface area contributed by atoms with E-state index in [1.807, 2.05) is 6.92 Å². The van der Waals surface area contributed by atoms with Gasteiger partial charge < -0.3 is 14.4 Å². The van der Waals surface area contributed by atoms with Crippen LogP contribution in [0.3, 0.4) is 0 Å². The first-order valence-corrected chi connectivity index (χ1v) is 6.47. The number of amides is 1.